The average Bonchev–Trinajstić information content (AvgIpc) is 3.20. The minimum Gasteiger partial charge on any atom is -0.379 e. The number of carbonyl (C=O) groups excluding carboxylic acids is 1. The Hall–Kier alpha value is -1.15. The molecule has 0 heterocycles. The number of ether oxygens (including phenoxy) is 1. The normalized spacial score (nSPS) is 27.6. The molecule has 2 nitrogen and oxygen atoms in total. The Balaban J connectivity index is 1.66. The molecule has 0 bridgehead atoms. The predicted octanol–water partition coefficient (Wildman–Crippen LogP) is 3.74. The van der Waals surface area contributed by atoms with Crippen LogP contribution in [0.3, 0.4) is 0 Å². The monoisotopic (exact) mass is 272 g/mol. The zero-order valence-corrected chi connectivity index (χ0v) is 12.7. The van der Waals surface area contributed by atoms with Crippen molar-refractivity contribution in [2.45, 2.75) is 51.0 Å². The van der Waals surface area contributed by atoms with Crippen LogP contribution in [0.4, 0.5) is 0 Å². The van der Waals surface area contributed by atoms with Crippen molar-refractivity contribution in [2.24, 2.45) is 11.8 Å². The molecule has 3 unspecified atom stereocenters. The molecule has 0 radical (unpaired) electrons. The Bertz CT molecular complexity index is 518. The largest absolute Gasteiger partial charge is 0.379 e. The third-order valence-corrected chi connectivity index (χ3v) is 5.23. The van der Waals surface area contributed by atoms with Crippen molar-refractivity contribution in [3.8, 4) is 0 Å². The van der Waals surface area contributed by atoms with Gasteiger partial charge in [0.15, 0.2) is 0 Å². The fourth-order valence-corrected chi connectivity index (χ4v) is 3.70. The van der Waals surface area contributed by atoms with E-state index in [1.165, 1.54) is 17.5 Å². The Labute approximate surface area is 121 Å². The van der Waals surface area contributed by atoms with Crippen molar-refractivity contribution >= 4 is 5.78 Å². The standard InChI is InChI=1S/C18H24O2/c1-18(2,20-3)11-10-15(19)17-14-9-8-12-6-4-5-7-13(12)16(14)17/h4-7,14,16-17H,8-11H2,1-3H3. The number of benzene rings is 1. The molecular formula is C18H24O2. The van der Waals surface area contributed by atoms with E-state index in [1.54, 1.807) is 7.11 Å². The number of Topliss-reactive ketones (excluding diaryl/α,β-unsaturated/α-hetero) is 1. The summed E-state index contributed by atoms with van der Waals surface area (Å²) in [6.45, 7) is 4.10. The molecule has 2 aliphatic rings. The van der Waals surface area contributed by atoms with Gasteiger partial charge in [0.2, 0.25) is 0 Å². The van der Waals surface area contributed by atoms with Gasteiger partial charge in [0.1, 0.15) is 5.78 Å². The van der Waals surface area contributed by atoms with Gasteiger partial charge in [-0.1, -0.05) is 24.3 Å². The highest BCUT2D eigenvalue weighted by molar-refractivity contribution is 5.86. The molecule has 2 heteroatoms. The molecule has 1 aromatic carbocycles. The van der Waals surface area contributed by atoms with E-state index < -0.39 is 0 Å². The van der Waals surface area contributed by atoms with Crippen molar-refractivity contribution in [1.82, 2.24) is 0 Å². The maximum absolute atomic E-state index is 12.5. The van der Waals surface area contributed by atoms with Gasteiger partial charge in [-0.2, -0.15) is 0 Å². The summed E-state index contributed by atoms with van der Waals surface area (Å²) in [6.07, 6.45) is 3.80. The van der Waals surface area contributed by atoms with Crippen LogP contribution in [0.25, 0.3) is 0 Å². The molecule has 0 aliphatic heterocycles. The Morgan fingerprint density at radius 3 is 2.85 bits per heavy atom. The van der Waals surface area contributed by atoms with E-state index in [-0.39, 0.29) is 11.5 Å². The van der Waals surface area contributed by atoms with Gasteiger partial charge in [0, 0.05) is 19.4 Å². The van der Waals surface area contributed by atoms with Crippen molar-refractivity contribution in [3.05, 3.63) is 35.4 Å². The maximum Gasteiger partial charge on any atom is 0.137 e. The lowest BCUT2D eigenvalue weighted by atomic mass is 9.92. The quantitative estimate of drug-likeness (QED) is 0.816. The van der Waals surface area contributed by atoms with Crippen LogP contribution >= 0.6 is 0 Å². The van der Waals surface area contributed by atoms with Crippen molar-refractivity contribution < 1.29 is 9.53 Å². The minimum absolute atomic E-state index is 0.187. The van der Waals surface area contributed by atoms with Crippen LogP contribution in [0, 0.1) is 11.8 Å². The SMILES string of the molecule is COC(C)(C)CCC(=O)C1C2CCc3ccccc3C21. The van der Waals surface area contributed by atoms with Crippen LogP contribution < -0.4 is 0 Å². The summed E-state index contributed by atoms with van der Waals surface area (Å²) in [7, 11) is 1.72. The summed E-state index contributed by atoms with van der Waals surface area (Å²) >= 11 is 0. The van der Waals surface area contributed by atoms with Crippen molar-refractivity contribution in [3.63, 3.8) is 0 Å². The van der Waals surface area contributed by atoms with E-state index >= 15 is 0 Å². The first kappa shape index (κ1) is 13.8. The number of rotatable bonds is 5. The highest BCUT2D eigenvalue weighted by Gasteiger charge is 2.56. The molecule has 1 saturated carbocycles. The van der Waals surface area contributed by atoms with E-state index in [0.717, 1.165) is 12.8 Å². The fraction of sp³-hybridized carbons (Fsp3) is 0.611. The smallest absolute Gasteiger partial charge is 0.137 e. The van der Waals surface area contributed by atoms with Gasteiger partial charge >= 0.3 is 0 Å². The number of hydrogen-bond donors (Lipinski definition) is 0. The van der Waals surface area contributed by atoms with Gasteiger partial charge in [-0.15, -0.1) is 0 Å². The lowest BCUT2D eigenvalue weighted by molar-refractivity contribution is -0.122. The zero-order chi connectivity index (χ0) is 14.3. The van der Waals surface area contributed by atoms with Gasteiger partial charge in [-0.05, 0) is 56.1 Å². The second-order valence-corrected chi connectivity index (χ2v) is 6.88. The van der Waals surface area contributed by atoms with E-state index in [4.69, 9.17) is 4.74 Å². The van der Waals surface area contributed by atoms with Crippen LogP contribution in [-0.2, 0) is 16.0 Å². The molecule has 1 fully saturated rings. The number of fused-ring (bicyclic) bond motifs is 3. The summed E-state index contributed by atoms with van der Waals surface area (Å²) in [5, 5.41) is 0. The van der Waals surface area contributed by atoms with Crippen LogP contribution in [0.2, 0.25) is 0 Å². The van der Waals surface area contributed by atoms with Crippen LogP contribution in [0.1, 0.15) is 50.2 Å². The summed E-state index contributed by atoms with van der Waals surface area (Å²) in [6, 6.07) is 8.66. The summed E-state index contributed by atoms with van der Waals surface area (Å²) < 4.78 is 5.41. The number of hydrogen-bond acceptors (Lipinski definition) is 2. The van der Waals surface area contributed by atoms with Gasteiger partial charge in [0.05, 0.1) is 5.60 Å². The van der Waals surface area contributed by atoms with E-state index in [2.05, 4.69) is 38.1 Å². The molecule has 0 spiro atoms. The van der Waals surface area contributed by atoms with Crippen molar-refractivity contribution in [2.75, 3.05) is 7.11 Å². The second kappa shape index (κ2) is 5.00. The van der Waals surface area contributed by atoms with Crippen LogP contribution in [0.15, 0.2) is 24.3 Å². The number of carbonyl (C=O) groups is 1. The Morgan fingerprint density at radius 1 is 1.35 bits per heavy atom. The molecule has 3 rings (SSSR count). The first-order valence-corrected chi connectivity index (χ1v) is 7.69. The summed E-state index contributed by atoms with van der Waals surface area (Å²) in [5.41, 5.74) is 2.71. The third kappa shape index (κ3) is 2.42. The van der Waals surface area contributed by atoms with Gasteiger partial charge in [-0.3, -0.25) is 4.79 Å². The average molecular weight is 272 g/mol. The molecular weight excluding hydrogens is 248 g/mol. The zero-order valence-electron chi connectivity index (χ0n) is 12.7. The van der Waals surface area contributed by atoms with Crippen molar-refractivity contribution in [1.29, 1.82) is 0 Å². The first-order valence-electron chi connectivity index (χ1n) is 7.69. The molecule has 2 aliphatic carbocycles. The van der Waals surface area contributed by atoms with Crippen LogP contribution in [-0.4, -0.2) is 18.5 Å². The topological polar surface area (TPSA) is 26.3 Å². The lowest BCUT2D eigenvalue weighted by Gasteiger charge is -2.22. The maximum atomic E-state index is 12.5. The highest BCUT2D eigenvalue weighted by Crippen LogP contribution is 2.60. The fourth-order valence-electron chi connectivity index (χ4n) is 3.70. The molecule has 108 valence electrons. The molecule has 0 amide bonds. The molecule has 0 aromatic heterocycles. The summed E-state index contributed by atoms with van der Waals surface area (Å²) in [5.74, 6) is 1.86. The molecule has 1 aromatic rings. The lowest BCUT2D eigenvalue weighted by Crippen LogP contribution is -2.23. The number of methoxy groups -OCH3 is 1. The van der Waals surface area contributed by atoms with Gasteiger partial charge < -0.3 is 4.74 Å². The molecule has 20 heavy (non-hydrogen) atoms. The first-order chi connectivity index (χ1) is 9.53. The molecule has 3 atom stereocenters. The van der Waals surface area contributed by atoms with Crippen LogP contribution in [0.5, 0.6) is 0 Å². The number of ketones is 1. The minimum atomic E-state index is -0.187. The predicted molar refractivity (Wildman–Crippen MR) is 79.8 cm³/mol. The Morgan fingerprint density at radius 2 is 2.10 bits per heavy atom. The molecule has 0 N–H and O–H groups in total. The van der Waals surface area contributed by atoms with Gasteiger partial charge in [-0.25, -0.2) is 0 Å². The Kier molecular flexibility index (Phi) is 3.45. The molecule has 0 saturated heterocycles. The third-order valence-electron chi connectivity index (χ3n) is 5.23. The highest BCUT2D eigenvalue weighted by atomic mass is 16.5. The van der Waals surface area contributed by atoms with E-state index in [9.17, 15) is 4.79 Å². The number of aryl methyl sites for hydroxylation is 1. The summed E-state index contributed by atoms with van der Waals surface area (Å²) in [4.78, 5) is 12.5. The van der Waals surface area contributed by atoms with E-state index in [1.807, 2.05) is 0 Å². The van der Waals surface area contributed by atoms with E-state index in [0.29, 0.717) is 24.0 Å². The second-order valence-electron chi connectivity index (χ2n) is 6.88. The van der Waals surface area contributed by atoms with Gasteiger partial charge in [0.25, 0.3) is 0 Å².